The summed E-state index contributed by atoms with van der Waals surface area (Å²) in [6, 6.07) is 11.6. The fraction of sp³-hybridized carbons (Fsp3) is 0.435. The third kappa shape index (κ3) is 4.78. The van der Waals surface area contributed by atoms with Crippen LogP contribution in [0.2, 0.25) is 0 Å². The Bertz CT molecular complexity index is 1240. The maximum Gasteiger partial charge on any atom is 0.243 e. The van der Waals surface area contributed by atoms with Crippen LogP contribution in [0.5, 0.6) is 0 Å². The molecule has 9 nitrogen and oxygen atoms in total. The van der Waals surface area contributed by atoms with E-state index in [2.05, 4.69) is 15.6 Å². The smallest absolute Gasteiger partial charge is 0.243 e. The maximum atomic E-state index is 13.6. The van der Waals surface area contributed by atoms with Gasteiger partial charge in [-0.1, -0.05) is 36.8 Å². The largest absolute Gasteiger partial charge is 0.383 e. The standard InChI is InChI=1S/C23H29N5O4S/c1-3-17-8-4-5-9-19(17)24-23(29)22-10-6-7-13-28(22)33(30,31)18-11-12-21-20(16-18)25-26-27(21)14-15-32-2/h4-5,8-9,11-12,16,22H,3,6-7,10,13-15H2,1-2H3,(H,24,29)/t22-/m1/s1. The van der Waals surface area contributed by atoms with E-state index in [0.29, 0.717) is 38.1 Å². The zero-order valence-corrected chi connectivity index (χ0v) is 19.7. The van der Waals surface area contributed by atoms with Crippen LogP contribution in [-0.2, 0) is 32.5 Å². The summed E-state index contributed by atoms with van der Waals surface area (Å²) in [5.74, 6) is -0.300. The Morgan fingerprint density at radius 1 is 1.21 bits per heavy atom. The highest BCUT2D eigenvalue weighted by Gasteiger charge is 2.38. The molecule has 1 aromatic heterocycles. The first kappa shape index (κ1) is 23.3. The van der Waals surface area contributed by atoms with Gasteiger partial charge >= 0.3 is 0 Å². The zero-order chi connectivity index (χ0) is 23.4. The normalized spacial score (nSPS) is 17.3. The van der Waals surface area contributed by atoms with E-state index in [1.807, 2.05) is 31.2 Å². The SMILES string of the molecule is CCc1ccccc1NC(=O)[C@H]1CCCCN1S(=O)(=O)c1ccc2c(c1)nnn2CCOC. The average Bonchev–Trinajstić information content (AvgIpc) is 3.25. The molecule has 4 rings (SSSR count). The van der Waals surface area contributed by atoms with Crippen LogP contribution in [0.25, 0.3) is 11.0 Å². The first-order chi connectivity index (χ1) is 16.0. The van der Waals surface area contributed by atoms with E-state index in [4.69, 9.17) is 4.74 Å². The Balaban J connectivity index is 1.60. The van der Waals surface area contributed by atoms with E-state index in [1.165, 1.54) is 10.4 Å². The van der Waals surface area contributed by atoms with Gasteiger partial charge in [0.05, 0.1) is 23.6 Å². The van der Waals surface area contributed by atoms with Gasteiger partial charge in [0.25, 0.3) is 0 Å². The summed E-state index contributed by atoms with van der Waals surface area (Å²) in [6.45, 7) is 3.31. The molecule has 1 aliphatic rings. The molecule has 1 fully saturated rings. The Kier molecular flexibility index (Phi) is 7.06. The van der Waals surface area contributed by atoms with E-state index < -0.39 is 16.1 Å². The van der Waals surface area contributed by atoms with E-state index in [9.17, 15) is 13.2 Å². The highest BCUT2D eigenvalue weighted by atomic mass is 32.2. The molecule has 0 aliphatic carbocycles. The first-order valence-electron chi connectivity index (χ1n) is 11.2. The molecule has 0 saturated carbocycles. The van der Waals surface area contributed by atoms with Crippen molar-refractivity contribution in [3.05, 3.63) is 48.0 Å². The number of methoxy groups -OCH3 is 1. The van der Waals surface area contributed by atoms with Gasteiger partial charge in [-0.15, -0.1) is 5.10 Å². The second-order valence-electron chi connectivity index (χ2n) is 8.08. The monoisotopic (exact) mass is 471 g/mol. The molecule has 1 N–H and O–H groups in total. The fourth-order valence-electron chi connectivity index (χ4n) is 4.21. The van der Waals surface area contributed by atoms with Crippen molar-refractivity contribution in [1.29, 1.82) is 0 Å². The molecule has 0 bridgehead atoms. The molecule has 176 valence electrons. The van der Waals surface area contributed by atoms with Gasteiger partial charge in [-0.25, -0.2) is 13.1 Å². The molecule has 1 amide bonds. The third-order valence-electron chi connectivity index (χ3n) is 6.01. The average molecular weight is 472 g/mol. The minimum atomic E-state index is -3.89. The van der Waals surface area contributed by atoms with Gasteiger partial charge in [0, 0.05) is 19.3 Å². The Labute approximate surface area is 193 Å². The minimum absolute atomic E-state index is 0.113. The fourth-order valence-corrected chi connectivity index (χ4v) is 5.89. The van der Waals surface area contributed by atoms with Crippen LogP contribution < -0.4 is 5.32 Å². The number of sulfonamides is 1. The number of carbonyl (C=O) groups is 1. The lowest BCUT2D eigenvalue weighted by Gasteiger charge is -2.33. The number of nitrogens with one attached hydrogen (secondary N) is 1. The van der Waals surface area contributed by atoms with Crippen molar-refractivity contribution in [3.63, 3.8) is 0 Å². The molecule has 1 saturated heterocycles. The molecule has 1 aliphatic heterocycles. The second-order valence-corrected chi connectivity index (χ2v) is 9.97. The molecule has 2 heterocycles. The minimum Gasteiger partial charge on any atom is -0.383 e. The summed E-state index contributed by atoms with van der Waals surface area (Å²) in [6.07, 6.45) is 2.76. The molecular weight excluding hydrogens is 442 g/mol. The Morgan fingerprint density at radius 3 is 2.82 bits per heavy atom. The van der Waals surface area contributed by atoms with Gasteiger partial charge in [0.15, 0.2) is 0 Å². The Morgan fingerprint density at radius 2 is 2.03 bits per heavy atom. The van der Waals surface area contributed by atoms with Gasteiger partial charge in [-0.2, -0.15) is 4.31 Å². The van der Waals surface area contributed by atoms with Crippen molar-refractivity contribution in [2.75, 3.05) is 25.6 Å². The first-order valence-corrected chi connectivity index (χ1v) is 12.6. The van der Waals surface area contributed by atoms with Crippen molar-refractivity contribution in [2.24, 2.45) is 0 Å². The number of aromatic nitrogens is 3. The summed E-state index contributed by atoms with van der Waals surface area (Å²) < 4.78 is 35.2. The number of amides is 1. The zero-order valence-electron chi connectivity index (χ0n) is 18.9. The van der Waals surface area contributed by atoms with Crippen molar-refractivity contribution in [2.45, 2.75) is 50.1 Å². The van der Waals surface area contributed by atoms with Gasteiger partial charge in [-0.3, -0.25) is 4.79 Å². The van der Waals surface area contributed by atoms with Crippen molar-refractivity contribution < 1.29 is 17.9 Å². The summed E-state index contributed by atoms with van der Waals surface area (Å²) in [5.41, 5.74) is 2.96. The molecule has 0 radical (unpaired) electrons. The van der Waals surface area contributed by atoms with Crippen molar-refractivity contribution in [3.8, 4) is 0 Å². The second kappa shape index (κ2) is 9.98. The lowest BCUT2D eigenvalue weighted by molar-refractivity contribution is -0.120. The number of fused-ring (bicyclic) bond motifs is 1. The molecule has 3 aromatic rings. The van der Waals surface area contributed by atoms with Crippen LogP contribution in [0.4, 0.5) is 5.69 Å². The van der Waals surface area contributed by atoms with E-state index >= 15 is 0 Å². The lowest BCUT2D eigenvalue weighted by Crippen LogP contribution is -2.49. The van der Waals surface area contributed by atoms with Crippen LogP contribution >= 0.6 is 0 Å². The van der Waals surface area contributed by atoms with Crippen LogP contribution in [0, 0.1) is 0 Å². The summed E-state index contributed by atoms with van der Waals surface area (Å²) in [4.78, 5) is 13.3. The quantitative estimate of drug-likeness (QED) is 0.541. The number of aryl methyl sites for hydroxylation is 1. The predicted octanol–water partition coefficient (Wildman–Crippen LogP) is 2.82. The number of hydrogen-bond acceptors (Lipinski definition) is 6. The number of para-hydroxylation sites is 1. The molecule has 10 heteroatoms. The topological polar surface area (TPSA) is 106 Å². The molecule has 1 atom stereocenters. The van der Waals surface area contributed by atoms with Gasteiger partial charge < -0.3 is 10.1 Å². The van der Waals surface area contributed by atoms with Crippen molar-refractivity contribution >= 4 is 32.7 Å². The molecule has 0 spiro atoms. The van der Waals surface area contributed by atoms with Crippen LogP contribution in [0.3, 0.4) is 0 Å². The van der Waals surface area contributed by atoms with E-state index in [1.54, 1.807) is 23.9 Å². The number of nitrogens with zero attached hydrogens (tertiary/aromatic N) is 4. The maximum absolute atomic E-state index is 13.6. The number of benzene rings is 2. The van der Waals surface area contributed by atoms with Crippen molar-refractivity contribution in [1.82, 2.24) is 19.3 Å². The van der Waals surface area contributed by atoms with Gasteiger partial charge in [0.1, 0.15) is 11.6 Å². The van der Waals surface area contributed by atoms with Crippen LogP contribution in [-0.4, -0.2) is 59.9 Å². The lowest BCUT2D eigenvalue weighted by atomic mass is 10.0. The van der Waals surface area contributed by atoms with E-state index in [0.717, 1.165) is 29.6 Å². The van der Waals surface area contributed by atoms with Gasteiger partial charge in [-0.05, 0) is 49.1 Å². The summed E-state index contributed by atoms with van der Waals surface area (Å²) in [7, 11) is -2.29. The third-order valence-corrected chi connectivity index (χ3v) is 7.92. The number of piperidine rings is 1. The summed E-state index contributed by atoms with van der Waals surface area (Å²) in [5, 5.41) is 11.2. The van der Waals surface area contributed by atoms with E-state index in [-0.39, 0.29) is 10.8 Å². The highest BCUT2D eigenvalue weighted by Crippen LogP contribution is 2.28. The number of rotatable bonds is 8. The molecule has 2 aromatic carbocycles. The molecule has 33 heavy (non-hydrogen) atoms. The van der Waals surface area contributed by atoms with Gasteiger partial charge in [0.2, 0.25) is 15.9 Å². The highest BCUT2D eigenvalue weighted by molar-refractivity contribution is 7.89. The number of anilines is 1. The predicted molar refractivity (Wildman–Crippen MR) is 125 cm³/mol. The number of hydrogen-bond donors (Lipinski definition) is 1. The Hall–Kier alpha value is -2.82. The van der Waals surface area contributed by atoms with Crippen LogP contribution in [0.15, 0.2) is 47.4 Å². The molecular formula is C23H29N5O4S. The summed E-state index contributed by atoms with van der Waals surface area (Å²) >= 11 is 0. The number of carbonyl (C=O) groups excluding carboxylic acids is 1. The number of ether oxygens (including phenoxy) is 1. The molecule has 0 unspecified atom stereocenters. The van der Waals surface area contributed by atoms with Crippen LogP contribution in [0.1, 0.15) is 31.7 Å².